The molecule has 0 unspecified atom stereocenters. The Bertz CT molecular complexity index is 325. The molecule has 4 nitrogen and oxygen atoms in total. The van der Waals surface area contributed by atoms with E-state index in [1.807, 2.05) is 19.0 Å². The van der Waals surface area contributed by atoms with Gasteiger partial charge in [-0.2, -0.15) is 0 Å². The summed E-state index contributed by atoms with van der Waals surface area (Å²) in [6, 6.07) is 3.15. The number of likely N-dealkylation sites (N-methyl/N-ethyl adjacent to an activating group) is 1. The maximum atomic E-state index is 11.4. The van der Waals surface area contributed by atoms with Gasteiger partial charge in [0, 0.05) is 12.7 Å². The second-order valence-electron chi connectivity index (χ2n) is 3.31. The Labute approximate surface area is 93.8 Å². The van der Waals surface area contributed by atoms with E-state index in [1.54, 1.807) is 12.1 Å². The summed E-state index contributed by atoms with van der Waals surface area (Å²) in [4.78, 5) is 17.1. The summed E-state index contributed by atoms with van der Waals surface area (Å²) in [6.07, 6.45) is 1.40. The average molecular weight is 229 g/mol. The van der Waals surface area contributed by atoms with E-state index in [2.05, 4.69) is 4.98 Å². The van der Waals surface area contributed by atoms with Crippen LogP contribution in [0.4, 0.5) is 0 Å². The summed E-state index contributed by atoms with van der Waals surface area (Å²) >= 11 is 5.59. The van der Waals surface area contributed by atoms with E-state index in [0.29, 0.717) is 23.9 Å². The number of pyridine rings is 1. The van der Waals surface area contributed by atoms with Gasteiger partial charge < -0.3 is 9.64 Å². The fraction of sp³-hybridized carbons (Fsp3) is 0.400. The molecule has 0 aliphatic carbocycles. The van der Waals surface area contributed by atoms with E-state index in [0.717, 1.165) is 0 Å². The lowest BCUT2D eigenvalue weighted by Gasteiger charge is -2.09. The molecule has 15 heavy (non-hydrogen) atoms. The second kappa shape index (κ2) is 5.68. The standard InChI is InChI=1S/C10H13ClN2O2/c1-13(2)5-6-15-10(14)8-3-4-9(11)12-7-8/h3-4,7H,5-6H2,1-2H3. The molecule has 82 valence electrons. The van der Waals surface area contributed by atoms with E-state index in [-0.39, 0.29) is 5.97 Å². The number of hydrogen-bond acceptors (Lipinski definition) is 4. The molecule has 0 aliphatic heterocycles. The topological polar surface area (TPSA) is 42.4 Å². The van der Waals surface area contributed by atoms with Crippen molar-refractivity contribution >= 4 is 17.6 Å². The second-order valence-corrected chi connectivity index (χ2v) is 3.70. The van der Waals surface area contributed by atoms with Crippen LogP contribution < -0.4 is 0 Å². The fourth-order valence-electron chi connectivity index (χ4n) is 0.901. The van der Waals surface area contributed by atoms with Gasteiger partial charge in [-0.1, -0.05) is 11.6 Å². The number of halogens is 1. The molecule has 1 aromatic heterocycles. The summed E-state index contributed by atoms with van der Waals surface area (Å²) in [7, 11) is 3.83. The van der Waals surface area contributed by atoms with Gasteiger partial charge in [0.25, 0.3) is 0 Å². The van der Waals surface area contributed by atoms with Crippen molar-refractivity contribution < 1.29 is 9.53 Å². The number of aromatic nitrogens is 1. The van der Waals surface area contributed by atoms with E-state index in [1.165, 1.54) is 6.20 Å². The van der Waals surface area contributed by atoms with Gasteiger partial charge in [0.05, 0.1) is 5.56 Å². The van der Waals surface area contributed by atoms with Gasteiger partial charge in [-0.15, -0.1) is 0 Å². The Kier molecular flexibility index (Phi) is 4.52. The van der Waals surface area contributed by atoms with E-state index < -0.39 is 0 Å². The third-order valence-corrected chi connectivity index (χ3v) is 1.96. The summed E-state index contributed by atoms with van der Waals surface area (Å²) in [5.74, 6) is -0.374. The predicted molar refractivity (Wildman–Crippen MR) is 58.1 cm³/mol. The molecule has 0 atom stereocenters. The van der Waals surface area contributed by atoms with E-state index in [4.69, 9.17) is 16.3 Å². The monoisotopic (exact) mass is 228 g/mol. The van der Waals surface area contributed by atoms with Gasteiger partial charge in [0.2, 0.25) is 0 Å². The SMILES string of the molecule is CN(C)CCOC(=O)c1ccc(Cl)nc1. The van der Waals surface area contributed by atoms with Crippen molar-refractivity contribution in [3.8, 4) is 0 Å². The number of nitrogens with zero attached hydrogens (tertiary/aromatic N) is 2. The molecule has 5 heteroatoms. The van der Waals surface area contributed by atoms with Gasteiger partial charge in [-0.3, -0.25) is 0 Å². The van der Waals surface area contributed by atoms with Crippen molar-refractivity contribution in [1.82, 2.24) is 9.88 Å². The van der Waals surface area contributed by atoms with Crippen LogP contribution in [0.5, 0.6) is 0 Å². The van der Waals surface area contributed by atoms with Gasteiger partial charge >= 0.3 is 5.97 Å². The lowest BCUT2D eigenvalue weighted by Crippen LogP contribution is -2.20. The average Bonchev–Trinajstić information content (AvgIpc) is 2.18. The minimum absolute atomic E-state index is 0.361. The third kappa shape index (κ3) is 4.27. The number of ether oxygens (including phenoxy) is 1. The number of esters is 1. The Hall–Kier alpha value is -1.13. The molecule has 0 radical (unpaired) electrons. The molecule has 1 aromatic rings. The molecule has 0 aromatic carbocycles. The Morgan fingerprint density at radius 2 is 2.27 bits per heavy atom. The molecular formula is C10H13ClN2O2. The Balaban J connectivity index is 2.43. The Morgan fingerprint density at radius 3 is 2.80 bits per heavy atom. The molecule has 0 fully saturated rings. The zero-order valence-corrected chi connectivity index (χ0v) is 9.49. The summed E-state index contributed by atoms with van der Waals surface area (Å²) in [5.41, 5.74) is 0.415. The first-order chi connectivity index (χ1) is 7.09. The minimum Gasteiger partial charge on any atom is -0.461 e. The van der Waals surface area contributed by atoms with Crippen LogP contribution in [0.2, 0.25) is 5.15 Å². The van der Waals surface area contributed by atoms with Gasteiger partial charge in [-0.25, -0.2) is 9.78 Å². The van der Waals surface area contributed by atoms with E-state index >= 15 is 0 Å². The molecule has 1 heterocycles. The van der Waals surface area contributed by atoms with Gasteiger partial charge in [0.15, 0.2) is 0 Å². The minimum atomic E-state index is -0.374. The maximum Gasteiger partial charge on any atom is 0.339 e. The largest absolute Gasteiger partial charge is 0.461 e. The van der Waals surface area contributed by atoms with Crippen LogP contribution in [0.15, 0.2) is 18.3 Å². The number of rotatable bonds is 4. The molecule has 0 N–H and O–H groups in total. The smallest absolute Gasteiger partial charge is 0.339 e. The summed E-state index contributed by atoms with van der Waals surface area (Å²) in [6.45, 7) is 1.07. The van der Waals surface area contributed by atoms with Crippen LogP contribution in [0, 0.1) is 0 Å². The number of carbonyl (C=O) groups is 1. The maximum absolute atomic E-state index is 11.4. The molecule has 0 amide bonds. The zero-order valence-electron chi connectivity index (χ0n) is 8.74. The van der Waals surface area contributed by atoms with Crippen LogP contribution in [0.3, 0.4) is 0 Å². The highest BCUT2D eigenvalue weighted by molar-refractivity contribution is 6.29. The van der Waals surface area contributed by atoms with Crippen LogP contribution in [0.1, 0.15) is 10.4 Å². The van der Waals surface area contributed by atoms with Gasteiger partial charge in [-0.05, 0) is 26.2 Å². The molecular weight excluding hydrogens is 216 g/mol. The zero-order chi connectivity index (χ0) is 11.3. The fourth-order valence-corrected chi connectivity index (χ4v) is 1.01. The van der Waals surface area contributed by atoms with Crippen LogP contribution in [-0.2, 0) is 4.74 Å². The van der Waals surface area contributed by atoms with Crippen molar-refractivity contribution in [3.05, 3.63) is 29.0 Å². The molecule has 0 saturated heterocycles. The predicted octanol–water partition coefficient (Wildman–Crippen LogP) is 1.45. The van der Waals surface area contributed by atoms with Gasteiger partial charge in [0.1, 0.15) is 11.8 Å². The van der Waals surface area contributed by atoms with Crippen molar-refractivity contribution in [1.29, 1.82) is 0 Å². The summed E-state index contributed by atoms with van der Waals surface area (Å²) in [5, 5.41) is 0.361. The van der Waals surface area contributed by atoms with Crippen molar-refractivity contribution in [2.75, 3.05) is 27.2 Å². The Morgan fingerprint density at radius 1 is 1.53 bits per heavy atom. The molecule has 0 saturated carbocycles. The first-order valence-electron chi connectivity index (χ1n) is 4.53. The number of hydrogen-bond donors (Lipinski definition) is 0. The summed E-state index contributed by atoms with van der Waals surface area (Å²) < 4.78 is 5.02. The van der Waals surface area contributed by atoms with Crippen molar-refractivity contribution in [3.63, 3.8) is 0 Å². The highest BCUT2D eigenvalue weighted by Gasteiger charge is 2.06. The molecule has 0 spiro atoms. The lowest BCUT2D eigenvalue weighted by molar-refractivity contribution is 0.0481. The quantitative estimate of drug-likeness (QED) is 0.578. The molecule has 0 aliphatic rings. The third-order valence-electron chi connectivity index (χ3n) is 1.73. The first-order valence-corrected chi connectivity index (χ1v) is 4.91. The van der Waals surface area contributed by atoms with Crippen LogP contribution in [0.25, 0.3) is 0 Å². The first kappa shape index (κ1) is 11.9. The van der Waals surface area contributed by atoms with E-state index in [9.17, 15) is 4.79 Å². The van der Waals surface area contributed by atoms with Crippen molar-refractivity contribution in [2.45, 2.75) is 0 Å². The highest BCUT2D eigenvalue weighted by atomic mass is 35.5. The highest BCUT2D eigenvalue weighted by Crippen LogP contribution is 2.06. The molecule has 0 bridgehead atoms. The van der Waals surface area contributed by atoms with Crippen LogP contribution >= 0.6 is 11.6 Å². The van der Waals surface area contributed by atoms with Crippen LogP contribution in [-0.4, -0.2) is 43.1 Å². The van der Waals surface area contributed by atoms with Crippen molar-refractivity contribution in [2.24, 2.45) is 0 Å². The number of carbonyl (C=O) groups excluding carboxylic acids is 1. The molecule has 1 rings (SSSR count). The lowest BCUT2D eigenvalue weighted by atomic mass is 10.3. The normalized spacial score (nSPS) is 10.4.